The van der Waals surface area contributed by atoms with E-state index in [4.69, 9.17) is 16.3 Å². The summed E-state index contributed by atoms with van der Waals surface area (Å²) in [5, 5.41) is 8.50. The number of hydrogen-bond donors (Lipinski definition) is 0. The molecule has 0 atom stereocenters. The van der Waals surface area contributed by atoms with Gasteiger partial charge in [0.1, 0.15) is 10.3 Å². The SMILES string of the molecule is CCOC(=O)c1nnc2cc(-c3ccc(Cl)cc3)sc2n1. The van der Waals surface area contributed by atoms with Gasteiger partial charge in [0.25, 0.3) is 5.82 Å². The molecule has 0 fully saturated rings. The number of halogens is 1. The minimum atomic E-state index is -0.562. The number of thiophene rings is 1. The highest BCUT2D eigenvalue weighted by molar-refractivity contribution is 7.21. The molecule has 0 saturated carbocycles. The van der Waals surface area contributed by atoms with Crippen molar-refractivity contribution in [2.75, 3.05) is 6.61 Å². The Balaban J connectivity index is 2.00. The van der Waals surface area contributed by atoms with Gasteiger partial charge in [0, 0.05) is 9.90 Å². The fraction of sp³-hybridized carbons (Fsp3) is 0.143. The molecule has 0 N–H and O–H groups in total. The van der Waals surface area contributed by atoms with Crippen molar-refractivity contribution in [2.45, 2.75) is 6.92 Å². The maximum Gasteiger partial charge on any atom is 0.378 e. The first-order valence-electron chi connectivity index (χ1n) is 6.24. The average Bonchev–Trinajstić information content (AvgIpc) is 2.91. The second-order valence-corrected chi connectivity index (χ2v) is 5.63. The Bertz CT molecular complexity index is 802. The number of carbonyl (C=O) groups is 1. The Kier molecular flexibility index (Phi) is 3.81. The third-order valence-electron chi connectivity index (χ3n) is 2.74. The van der Waals surface area contributed by atoms with Crippen LogP contribution in [0.3, 0.4) is 0 Å². The summed E-state index contributed by atoms with van der Waals surface area (Å²) in [5.41, 5.74) is 1.67. The van der Waals surface area contributed by atoms with Gasteiger partial charge >= 0.3 is 5.97 Å². The normalized spacial score (nSPS) is 10.8. The van der Waals surface area contributed by atoms with Crippen LogP contribution in [0.5, 0.6) is 0 Å². The van der Waals surface area contributed by atoms with Gasteiger partial charge in [0.15, 0.2) is 0 Å². The number of benzene rings is 1. The van der Waals surface area contributed by atoms with Gasteiger partial charge in [-0.05, 0) is 30.7 Å². The van der Waals surface area contributed by atoms with Crippen LogP contribution in [0, 0.1) is 0 Å². The summed E-state index contributed by atoms with van der Waals surface area (Å²) in [6.07, 6.45) is 0. The van der Waals surface area contributed by atoms with Gasteiger partial charge in [0.2, 0.25) is 0 Å². The molecule has 0 aliphatic rings. The standard InChI is InChI=1S/C14H10ClN3O2S/c1-2-20-14(19)12-16-13-10(17-18-12)7-11(21-13)8-3-5-9(15)6-4-8/h3-7H,2H2,1H3. The quantitative estimate of drug-likeness (QED) is 0.690. The summed E-state index contributed by atoms with van der Waals surface area (Å²) in [5.74, 6) is -0.581. The molecular weight excluding hydrogens is 310 g/mol. The fourth-order valence-corrected chi connectivity index (χ4v) is 2.88. The number of hydrogen-bond acceptors (Lipinski definition) is 6. The second-order valence-electron chi connectivity index (χ2n) is 4.16. The van der Waals surface area contributed by atoms with E-state index >= 15 is 0 Å². The largest absolute Gasteiger partial charge is 0.460 e. The molecule has 0 amide bonds. The lowest BCUT2D eigenvalue weighted by molar-refractivity contribution is 0.0511. The van der Waals surface area contributed by atoms with Crippen LogP contribution in [-0.2, 0) is 4.74 Å². The van der Waals surface area contributed by atoms with Crippen molar-refractivity contribution in [1.82, 2.24) is 15.2 Å². The van der Waals surface area contributed by atoms with Crippen LogP contribution in [0.25, 0.3) is 20.8 Å². The van der Waals surface area contributed by atoms with Gasteiger partial charge in [-0.15, -0.1) is 21.5 Å². The van der Waals surface area contributed by atoms with E-state index in [2.05, 4.69) is 15.2 Å². The summed E-state index contributed by atoms with van der Waals surface area (Å²) in [6, 6.07) is 9.38. The first kappa shape index (κ1) is 13.9. The molecule has 0 spiro atoms. The number of carbonyl (C=O) groups excluding carboxylic acids is 1. The first-order valence-corrected chi connectivity index (χ1v) is 7.44. The molecule has 0 aliphatic heterocycles. The molecule has 106 valence electrons. The van der Waals surface area contributed by atoms with E-state index in [1.54, 1.807) is 6.92 Å². The number of esters is 1. The highest BCUT2D eigenvalue weighted by atomic mass is 35.5. The molecule has 0 bridgehead atoms. The Morgan fingerprint density at radius 3 is 2.76 bits per heavy atom. The lowest BCUT2D eigenvalue weighted by Gasteiger charge is -1.98. The molecule has 1 aromatic carbocycles. The van der Waals surface area contributed by atoms with E-state index < -0.39 is 5.97 Å². The van der Waals surface area contributed by atoms with Gasteiger partial charge in [0.05, 0.1) is 6.61 Å². The van der Waals surface area contributed by atoms with E-state index in [-0.39, 0.29) is 12.4 Å². The maximum absolute atomic E-state index is 11.6. The van der Waals surface area contributed by atoms with Gasteiger partial charge < -0.3 is 4.74 Å². The number of aromatic nitrogens is 3. The van der Waals surface area contributed by atoms with Crippen molar-refractivity contribution < 1.29 is 9.53 Å². The van der Waals surface area contributed by atoms with Crippen LogP contribution in [0.15, 0.2) is 30.3 Å². The summed E-state index contributed by atoms with van der Waals surface area (Å²) in [6.45, 7) is 2.01. The van der Waals surface area contributed by atoms with Crippen LogP contribution in [0.1, 0.15) is 17.5 Å². The van der Waals surface area contributed by atoms with Crippen molar-refractivity contribution in [3.05, 3.63) is 41.2 Å². The van der Waals surface area contributed by atoms with Gasteiger partial charge in [-0.2, -0.15) is 0 Å². The Labute approximate surface area is 129 Å². The lowest BCUT2D eigenvalue weighted by atomic mass is 10.2. The van der Waals surface area contributed by atoms with Crippen molar-refractivity contribution in [3.63, 3.8) is 0 Å². The molecule has 3 aromatic rings. The maximum atomic E-state index is 11.6. The van der Waals surface area contributed by atoms with Crippen molar-refractivity contribution in [3.8, 4) is 10.4 Å². The molecule has 0 radical (unpaired) electrons. The van der Waals surface area contributed by atoms with Crippen LogP contribution in [0.2, 0.25) is 5.02 Å². The molecule has 2 aromatic heterocycles. The lowest BCUT2D eigenvalue weighted by Crippen LogP contribution is -2.10. The number of nitrogens with zero attached hydrogens (tertiary/aromatic N) is 3. The number of fused-ring (bicyclic) bond motifs is 1. The molecular formula is C14H10ClN3O2S. The molecule has 5 nitrogen and oxygen atoms in total. The Morgan fingerprint density at radius 2 is 2.05 bits per heavy atom. The van der Waals surface area contributed by atoms with E-state index in [0.717, 1.165) is 10.4 Å². The highest BCUT2D eigenvalue weighted by Gasteiger charge is 2.14. The second kappa shape index (κ2) is 5.75. The predicted octanol–water partition coefficient (Wildman–Crippen LogP) is 3.58. The average molecular weight is 320 g/mol. The monoisotopic (exact) mass is 319 g/mol. The summed E-state index contributed by atoms with van der Waals surface area (Å²) in [4.78, 5) is 17.4. The van der Waals surface area contributed by atoms with E-state index in [1.807, 2.05) is 30.3 Å². The minimum absolute atomic E-state index is 0.0196. The topological polar surface area (TPSA) is 65.0 Å². The van der Waals surface area contributed by atoms with Crippen molar-refractivity contribution in [1.29, 1.82) is 0 Å². The summed E-state index contributed by atoms with van der Waals surface area (Å²) < 4.78 is 4.87. The molecule has 2 heterocycles. The molecule has 21 heavy (non-hydrogen) atoms. The summed E-state index contributed by atoms with van der Waals surface area (Å²) >= 11 is 7.32. The Hall–Kier alpha value is -2.05. The van der Waals surface area contributed by atoms with Crippen molar-refractivity contribution in [2.24, 2.45) is 0 Å². The fourth-order valence-electron chi connectivity index (χ4n) is 1.78. The smallest absolute Gasteiger partial charge is 0.378 e. The van der Waals surface area contributed by atoms with Crippen LogP contribution >= 0.6 is 22.9 Å². The van der Waals surface area contributed by atoms with E-state index in [1.165, 1.54) is 11.3 Å². The van der Waals surface area contributed by atoms with Gasteiger partial charge in [-0.3, -0.25) is 0 Å². The molecule has 3 rings (SSSR count). The predicted molar refractivity (Wildman–Crippen MR) is 81.6 cm³/mol. The van der Waals surface area contributed by atoms with E-state index in [0.29, 0.717) is 15.4 Å². The van der Waals surface area contributed by atoms with Crippen LogP contribution in [0.4, 0.5) is 0 Å². The van der Waals surface area contributed by atoms with Crippen molar-refractivity contribution >= 4 is 39.3 Å². The highest BCUT2D eigenvalue weighted by Crippen LogP contribution is 2.31. The van der Waals surface area contributed by atoms with Crippen LogP contribution < -0.4 is 0 Å². The van der Waals surface area contributed by atoms with Gasteiger partial charge in [-0.25, -0.2) is 9.78 Å². The zero-order valence-electron chi connectivity index (χ0n) is 11.0. The summed E-state index contributed by atoms with van der Waals surface area (Å²) in [7, 11) is 0. The number of rotatable bonds is 3. The molecule has 0 aliphatic carbocycles. The third-order valence-corrected chi connectivity index (χ3v) is 4.06. The molecule has 0 unspecified atom stereocenters. The minimum Gasteiger partial charge on any atom is -0.460 e. The number of ether oxygens (including phenoxy) is 1. The molecule has 0 saturated heterocycles. The van der Waals surface area contributed by atoms with Crippen LogP contribution in [-0.4, -0.2) is 27.8 Å². The first-order chi connectivity index (χ1) is 10.2. The third kappa shape index (κ3) is 2.86. The van der Waals surface area contributed by atoms with Gasteiger partial charge in [-0.1, -0.05) is 23.7 Å². The zero-order chi connectivity index (χ0) is 14.8. The molecule has 7 heteroatoms. The zero-order valence-corrected chi connectivity index (χ0v) is 12.6. The van der Waals surface area contributed by atoms with E-state index in [9.17, 15) is 4.79 Å². The Morgan fingerprint density at radius 1 is 1.29 bits per heavy atom.